The molecule has 0 aliphatic carbocycles. The zero-order valence-electron chi connectivity index (χ0n) is 10.7. The Morgan fingerprint density at radius 2 is 2.06 bits per heavy atom. The summed E-state index contributed by atoms with van der Waals surface area (Å²) in [5, 5.41) is 0. The Labute approximate surface area is 103 Å². The van der Waals surface area contributed by atoms with Crippen molar-refractivity contribution in [3.8, 4) is 5.75 Å². The van der Waals surface area contributed by atoms with E-state index in [1.54, 1.807) is 6.07 Å². The number of nitrogens with two attached hydrogens (primary N) is 1. The van der Waals surface area contributed by atoms with Crippen molar-refractivity contribution in [1.29, 1.82) is 0 Å². The molecule has 0 radical (unpaired) electrons. The fourth-order valence-electron chi connectivity index (χ4n) is 1.63. The predicted molar refractivity (Wildman–Crippen MR) is 68.6 cm³/mol. The molecule has 0 aliphatic heterocycles. The van der Waals surface area contributed by atoms with Crippen LogP contribution in [0.5, 0.6) is 5.75 Å². The van der Waals surface area contributed by atoms with Crippen molar-refractivity contribution < 1.29 is 9.13 Å². The number of hydrogen-bond acceptors (Lipinski definition) is 2. The first-order valence-corrected chi connectivity index (χ1v) is 6.33. The third-order valence-electron chi connectivity index (χ3n) is 2.74. The van der Waals surface area contributed by atoms with Gasteiger partial charge in [-0.2, -0.15) is 0 Å². The number of rotatable bonds is 7. The van der Waals surface area contributed by atoms with Crippen LogP contribution in [0.2, 0.25) is 0 Å². The summed E-state index contributed by atoms with van der Waals surface area (Å²) in [4.78, 5) is 0. The van der Waals surface area contributed by atoms with Gasteiger partial charge in [0.15, 0.2) is 11.6 Å². The lowest BCUT2D eigenvalue weighted by atomic mass is 10.1. The van der Waals surface area contributed by atoms with E-state index in [-0.39, 0.29) is 11.9 Å². The summed E-state index contributed by atoms with van der Waals surface area (Å²) in [6.45, 7) is 4.57. The molecule has 0 amide bonds. The minimum Gasteiger partial charge on any atom is -0.491 e. The van der Waals surface area contributed by atoms with Crippen molar-refractivity contribution in [2.45, 2.75) is 45.6 Å². The Hall–Kier alpha value is -1.09. The topological polar surface area (TPSA) is 35.2 Å². The van der Waals surface area contributed by atoms with Gasteiger partial charge in [0.1, 0.15) is 0 Å². The van der Waals surface area contributed by atoms with Crippen LogP contribution in [0.25, 0.3) is 0 Å². The standard InChI is InChI=1S/C14H22FNO/c1-3-4-5-6-9-17-14-8-7-12(11(2)16)10-13(14)15/h7-8,10-11H,3-6,9,16H2,1-2H3. The molecule has 17 heavy (non-hydrogen) atoms. The van der Waals surface area contributed by atoms with Gasteiger partial charge in [-0.15, -0.1) is 0 Å². The molecule has 0 spiro atoms. The van der Waals surface area contributed by atoms with Crippen LogP contribution < -0.4 is 10.5 Å². The Bertz CT molecular complexity index is 339. The lowest BCUT2D eigenvalue weighted by Crippen LogP contribution is -2.06. The summed E-state index contributed by atoms with van der Waals surface area (Å²) in [6, 6.07) is 4.78. The third kappa shape index (κ3) is 4.73. The van der Waals surface area contributed by atoms with Gasteiger partial charge < -0.3 is 10.5 Å². The van der Waals surface area contributed by atoms with Crippen molar-refractivity contribution in [2.75, 3.05) is 6.61 Å². The maximum Gasteiger partial charge on any atom is 0.165 e. The van der Waals surface area contributed by atoms with Crippen molar-refractivity contribution in [3.05, 3.63) is 29.6 Å². The molecule has 1 aromatic rings. The fourth-order valence-corrected chi connectivity index (χ4v) is 1.63. The van der Waals surface area contributed by atoms with Crippen LogP contribution in [-0.2, 0) is 0 Å². The molecule has 96 valence electrons. The third-order valence-corrected chi connectivity index (χ3v) is 2.74. The Balaban J connectivity index is 2.43. The van der Waals surface area contributed by atoms with Gasteiger partial charge in [-0.3, -0.25) is 0 Å². The Morgan fingerprint density at radius 1 is 1.29 bits per heavy atom. The van der Waals surface area contributed by atoms with Crippen LogP contribution in [0.1, 0.15) is 51.1 Å². The molecule has 3 heteroatoms. The van der Waals surface area contributed by atoms with Crippen molar-refractivity contribution in [3.63, 3.8) is 0 Å². The summed E-state index contributed by atoms with van der Waals surface area (Å²) in [5.74, 6) is 0.00110. The first-order chi connectivity index (χ1) is 8.15. The molecular weight excluding hydrogens is 217 g/mol. The van der Waals surface area contributed by atoms with E-state index >= 15 is 0 Å². The summed E-state index contributed by atoms with van der Waals surface area (Å²) >= 11 is 0. The molecule has 1 rings (SSSR count). The Kier molecular flexibility index (Phi) is 5.98. The highest BCUT2D eigenvalue weighted by molar-refractivity contribution is 5.30. The van der Waals surface area contributed by atoms with E-state index in [2.05, 4.69) is 6.92 Å². The lowest BCUT2D eigenvalue weighted by molar-refractivity contribution is 0.290. The average Bonchev–Trinajstić information content (AvgIpc) is 2.30. The number of halogens is 1. The summed E-state index contributed by atoms with van der Waals surface area (Å²) in [6.07, 6.45) is 4.51. The second-order valence-corrected chi connectivity index (χ2v) is 4.39. The molecule has 2 nitrogen and oxygen atoms in total. The average molecular weight is 239 g/mol. The molecule has 0 aromatic heterocycles. The highest BCUT2D eigenvalue weighted by Gasteiger charge is 2.06. The maximum atomic E-state index is 13.6. The molecule has 2 N–H and O–H groups in total. The van der Waals surface area contributed by atoms with Crippen molar-refractivity contribution in [2.24, 2.45) is 5.73 Å². The van der Waals surface area contributed by atoms with Gasteiger partial charge >= 0.3 is 0 Å². The van der Waals surface area contributed by atoms with Crippen LogP contribution in [0, 0.1) is 5.82 Å². The second-order valence-electron chi connectivity index (χ2n) is 4.39. The zero-order valence-corrected chi connectivity index (χ0v) is 10.7. The second kappa shape index (κ2) is 7.28. The van der Waals surface area contributed by atoms with E-state index < -0.39 is 0 Å². The van der Waals surface area contributed by atoms with Crippen LogP contribution in [-0.4, -0.2) is 6.61 Å². The number of ether oxygens (including phenoxy) is 1. The van der Waals surface area contributed by atoms with Gasteiger partial charge in [-0.25, -0.2) is 4.39 Å². The molecule has 0 heterocycles. The zero-order chi connectivity index (χ0) is 12.7. The molecule has 1 aromatic carbocycles. The van der Waals surface area contributed by atoms with E-state index in [1.807, 2.05) is 13.0 Å². The molecule has 1 unspecified atom stereocenters. The predicted octanol–water partition coefficient (Wildman–Crippen LogP) is 3.80. The van der Waals surface area contributed by atoms with Gasteiger partial charge in [-0.1, -0.05) is 32.3 Å². The van der Waals surface area contributed by atoms with Gasteiger partial charge in [0, 0.05) is 6.04 Å². The molecule has 1 atom stereocenters. The van der Waals surface area contributed by atoms with E-state index in [1.165, 1.54) is 18.9 Å². The van der Waals surface area contributed by atoms with Gasteiger partial charge in [0.25, 0.3) is 0 Å². The van der Waals surface area contributed by atoms with Crippen molar-refractivity contribution in [1.82, 2.24) is 0 Å². The van der Waals surface area contributed by atoms with Gasteiger partial charge in [0.2, 0.25) is 0 Å². The first kappa shape index (κ1) is 14.0. The highest BCUT2D eigenvalue weighted by atomic mass is 19.1. The summed E-state index contributed by atoms with van der Waals surface area (Å²) in [5.41, 5.74) is 6.47. The highest BCUT2D eigenvalue weighted by Crippen LogP contribution is 2.21. The summed E-state index contributed by atoms with van der Waals surface area (Å²) in [7, 11) is 0. The van der Waals surface area contributed by atoms with Crippen LogP contribution in [0.3, 0.4) is 0 Å². The van der Waals surface area contributed by atoms with Crippen LogP contribution >= 0.6 is 0 Å². The number of unbranched alkanes of at least 4 members (excludes halogenated alkanes) is 3. The van der Waals surface area contributed by atoms with E-state index in [4.69, 9.17) is 10.5 Å². The minimum atomic E-state index is -0.324. The molecule has 0 saturated carbocycles. The summed E-state index contributed by atoms with van der Waals surface area (Å²) < 4.78 is 19.0. The quantitative estimate of drug-likeness (QED) is 0.734. The molecular formula is C14H22FNO. The number of hydrogen-bond donors (Lipinski definition) is 1. The van der Waals surface area contributed by atoms with E-state index in [0.29, 0.717) is 12.4 Å². The van der Waals surface area contributed by atoms with Crippen LogP contribution in [0.4, 0.5) is 4.39 Å². The molecule has 0 aliphatic rings. The van der Waals surface area contributed by atoms with E-state index in [9.17, 15) is 4.39 Å². The largest absolute Gasteiger partial charge is 0.491 e. The van der Waals surface area contributed by atoms with Gasteiger partial charge in [0.05, 0.1) is 6.61 Å². The minimum absolute atomic E-state index is 0.150. The molecule has 0 saturated heterocycles. The van der Waals surface area contributed by atoms with E-state index in [0.717, 1.165) is 18.4 Å². The normalized spacial score (nSPS) is 12.5. The van der Waals surface area contributed by atoms with Crippen molar-refractivity contribution >= 4 is 0 Å². The monoisotopic (exact) mass is 239 g/mol. The SMILES string of the molecule is CCCCCCOc1ccc(C(C)N)cc1F. The molecule has 0 bridgehead atoms. The first-order valence-electron chi connectivity index (χ1n) is 6.33. The van der Waals surface area contributed by atoms with Gasteiger partial charge in [-0.05, 0) is 31.0 Å². The molecule has 0 fully saturated rings. The number of benzene rings is 1. The smallest absolute Gasteiger partial charge is 0.165 e. The van der Waals surface area contributed by atoms with Crippen LogP contribution in [0.15, 0.2) is 18.2 Å². The maximum absolute atomic E-state index is 13.6. The Morgan fingerprint density at radius 3 is 2.65 bits per heavy atom. The fraction of sp³-hybridized carbons (Fsp3) is 0.571. The lowest BCUT2D eigenvalue weighted by Gasteiger charge is -2.10.